The minimum atomic E-state index is 0.0999. The second-order valence-corrected chi connectivity index (χ2v) is 14.2. The lowest BCUT2D eigenvalue weighted by Gasteiger charge is -2.17. The lowest BCUT2D eigenvalue weighted by molar-refractivity contribution is 0.391. The summed E-state index contributed by atoms with van der Waals surface area (Å²) in [6.45, 7) is 2.36. The van der Waals surface area contributed by atoms with E-state index < -0.39 is 0 Å². The molecule has 0 saturated carbocycles. The van der Waals surface area contributed by atoms with Gasteiger partial charge in [-0.2, -0.15) is 10.3 Å². The van der Waals surface area contributed by atoms with Crippen LogP contribution in [0, 0.1) is 11.3 Å². The third-order valence-corrected chi connectivity index (χ3v) is 11.6. The molecule has 0 amide bonds. The number of fused-ring (bicyclic) bond motifs is 8. The highest BCUT2D eigenvalue weighted by Crippen LogP contribution is 2.56. The summed E-state index contributed by atoms with van der Waals surface area (Å²) >= 11 is 1.94. The SMILES string of the molecule is CC1CC=Cc2sc3c(ccc4c5ccccc5n(-c5cccc(C6N7C(c8ccccc8)=CC(C8=CCCC(C#N)=C8)N67)c5)c43)c21. The van der Waals surface area contributed by atoms with E-state index >= 15 is 0 Å². The zero-order valence-electron chi connectivity index (χ0n) is 26.1. The fourth-order valence-electron chi connectivity index (χ4n) is 8.29. The fourth-order valence-corrected chi connectivity index (χ4v) is 9.68. The van der Waals surface area contributed by atoms with Crippen molar-refractivity contribution in [1.82, 2.24) is 14.6 Å². The van der Waals surface area contributed by atoms with Crippen LogP contribution in [0.3, 0.4) is 0 Å². The van der Waals surface area contributed by atoms with Crippen molar-refractivity contribution in [2.24, 2.45) is 0 Å². The second-order valence-electron chi connectivity index (χ2n) is 13.2. The molecule has 226 valence electrons. The van der Waals surface area contributed by atoms with Crippen molar-refractivity contribution in [2.45, 2.75) is 44.3 Å². The van der Waals surface area contributed by atoms with E-state index in [9.17, 15) is 5.26 Å². The van der Waals surface area contributed by atoms with Gasteiger partial charge < -0.3 is 4.57 Å². The van der Waals surface area contributed by atoms with Gasteiger partial charge in [-0.15, -0.1) is 11.3 Å². The molecule has 4 nitrogen and oxygen atoms in total. The van der Waals surface area contributed by atoms with Gasteiger partial charge in [0.15, 0.2) is 0 Å². The van der Waals surface area contributed by atoms with Gasteiger partial charge in [0.05, 0.1) is 33.5 Å². The molecule has 4 heterocycles. The Labute approximate surface area is 278 Å². The molecule has 1 saturated heterocycles. The normalized spacial score (nSPS) is 23.0. The first-order valence-electron chi connectivity index (χ1n) is 16.6. The van der Waals surface area contributed by atoms with E-state index in [1.807, 2.05) is 11.3 Å². The predicted octanol–water partition coefficient (Wildman–Crippen LogP) is 10.6. The molecule has 4 atom stereocenters. The van der Waals surface area contributed by atoms with Gasteiger partial charge in [-0.1, -0.05) is 91.9 Å². The van der Waals surface area contributed by atoms with Gasteiger partial charge in [-0.25, -0.2) is 0 Å². The van der Waals surface area contributed by atoms with E-state index in [2.05, 4.69) is 149 Å². The zero-order chi connectivity index (χ0) is 31.2. The first-order chi connectivity index (χ1) is 23.2. The van der Waals surface area contributed by atoms with Crippen molar-refractivity contribution in [2.75, 3.05) is 0 Å². The lowest BCUT2D eigenvalue weighted by Crippen LogP contribution is -2.18. The van der Waals surface area contributed by atoms with Crippen LogP contribution >= 0.6 is 11.3 Å². The van der Waals surface area contributed by atoms with Crippen LogP contribution in [0.4, 0.5) is 0 Å². The zero-order valence-corrected chi connectivity index (χ0v) is 26.9. The number of thiophene rings is 1. The summed E-state index contributed by atoms with van der Waals surface area (Å²) in [5.41, 5.74) is 11.0. The number of benzene rings is 4. The first-order valence-corrected chi connectivity index (χ1v) is 17.4. The number of rotatable bonds is 4. The molecule has 0 N–H and O–H groups in total. The molecule has 6 aromatic rings. The minimum absolute atomic E-state index is 0.0999. The Kier molecular flexibility index (Phi) is 5.85. The largest absolute Gasteiger partial charge is 0.308 e. The number of para-hydroxylation sites is 1. The van der Waals surface area contributed by atoms with Gasteiger partial charge in [0.1, 0.15) is 6.17 Å². The standard InChI is InChI=1S/C42H32N4S/c1-26-10-7-19-38-39(26)34-21-20-33-32-17-5-6-18-35(32)44(40(33)41(34)47-38)31-16-9-15-30(23-31)42-45-36(28-12-3-2-4-13-28)24-37(46(42)45)29-14-8-11-27(22-29)25-43/h2-7,9,12-24,26,37,42H,8,10-11H2,1H3. The van der Waals surface area contributed by atoms with Gasteiger partial charge in [-0.3, -0.25) is 5.01 Å². The Morgan fingerprint density at radius 2 is 1.74 bits per heavy atom. The van der Waals surface area contributed by atoms with Crippen LogP contribution in [0.25, 0.3) is 49.4 Å². The van der Waals surface area contributed by atoms with E-state index in [0.717, 1.165) is 24.8 Å². The average Bonchev–Trinajstić information content (AvgIpc) is 3.38. The molecule has 0 spiro atoms. The molecular formula is C42H32N4S. The number of hydrazine groups is 1. The summed E-state index contributed by atoms with van der Waals surface area (Å²) < 4.78 is 3.88. The van der Waals surface area contributed by atoms with Gasteiger partial charge in [-0.05, 0) is 89.3 Å². The van der Waals surface area contributed by atoms with Crippen LogP contribution in [-0.2, 0) is 0 Å². The van der Waals surface area contributed by atoms with E-state index in [1.165, 1.54) is 70.4 Å². The molecule has 10 rings (SSSR count). The third-order valence-electron chi connectivity index (χ3n) is 10.4. The summed E-state index contributed by atoms with van der Waals surface area (Å²) in [5.74, 6) is 0.526. The number of allylic oxidation sites excluding steroid dienone is 3. The van der Waals surface area contributed by atoms with Crippen molar-refractivity contribution < 1.29 is 0 Å². The minimum Gasteiger partial charge on any atom is -0.308 e. The highest BCUT2D eigenvalue weighted by molar-refractivity contribution is 7.21. The highest BCUT2D eigenvalue weighted by Gasteiger charge is 2.56. The van der Waals surface area contributed by atoms with E-state index in [-0.39, 0.29) is 12.2 Å². The Balaban J connectivity index is 1.13. The average molecular weight is 625 g/mol. The molecule has 2 aliphatic carbocycles. The van der Waals surface area contributed by atoms with Crippen LogP contribution in [-0.4, -0.2) is 20.6 Å². The lowest BCUT2D eigenvalue weighted by atomic mass is 9.91. The summed E-state index contributed by atoms with van der Waals surface area (Å²) in [6, 6.07) is 36.0. The maximum absolute atomic E-state index is 9.70. The van der Waals surface area contributed by atoms with Crippen molar-refractivity contribution in [1.29, 1.82) is 5.26 Å². The van der Waals surface area contributed by atoms with Gasteiger partial charge in [0, 0.05) is 26.9 Å². The summed E-state index contributed by atoms with van der Waals surface area (Å²) in [7, 11) is 0. The second kappa shape index (κ2) is 10.2. The fraction of sp³-hybridized carbons (Fsp3) is 0.167. The van der Waals surface area contributed by atoms with Crippen LogP contribution in [0.15, 0.2) is 126 Å². The smallest absolute Gasteiger partial charge is 0.142 e. The molecule has 2 aliphatic heterocycles. The molecule has 0 bridgehead atoms. The summed E-state index contributed by atoms with van der Waals surface area (Å²) in [6.07, 6.45) is 14.4. The van der Waals surface area contributed by atoms with Crippen LogP contribution in [0.2, 0.25) is 0 Å². The number of hydrogen-bond acceptors (Lipinski definition) is 4. The molecule has 4 aliphatic rings. The number of hydrogen-bond donors (Lipinski definition) is 0. The molecular weight excluding hydrogens is 593 g/mol. The molecule has 5 heteroatoms. The first kappa shape index (κ1) is 27.0. The van der Waals surface area contributed by atoms with Crippen LogP contribution < -0.4 is 0 Å². The quantitative estimate of drug-likeness (QED) is 0.183. The number of aromatic nitrogens is 1. The maximum Gasteiger partial charge on any atom is 0.142 e. The van der Waals surface area contributed by atoms with Gasteiger partial charge >= 0.3 is 0 Å². The summed E-state index contributed by atoms with van der Waals surface area (Å²) in [4.78, 5) is 1.40. The van der Waals surface area contributed by atoms with Crippen molar-refractivity contribution >= 4 is 55.0 Å². The molecule has 0 radical (unpaired) electrons. The molecule has 2 aromatic heterocycles. The van der Waals surface area contributed by atoms with Crippen LogP contribution in [0.1, 0.15) is 59.8 Å². The van der Waals surface area contributed by atoms with Gasteiger partial charge in [0.2, 0.25) is 0 Å². The number of nitrogens with zero attached hydrogens (tertiary/aromatic N) is 4. The molecule has 1 fully saturated rings. The Bertz CT molecular complexity index is 2450. The molecule has 47 heavy (non-hydrogen) atoms. The van der Waals surface area contributed by atoms with Crippen LogP contribution in [0.5, 0.6) is 0 Å². The summed E-state index contributed by atoms with van der Waals surface area (Å²) in [5, 5.41) is 18.6. The number of nitriles is 1. The Hall–Kier alpha value is -5.15. The predicted molar refractivity (Wildman–Crippen MR) is 194 cm³/mol. The Morgan fingerprint density at radius 3 is 2.64 bits per heavy atom. The molecule has 4 unspecified atom stereocenters. The van der Waals surface area contributed by atoms with E-state index in [1.54, 1.807) is 0 Å². The highest BCUT2D eigenvalue weighted by atomic mass is 32.1. The topological polar surface area (TPSA) is 34.7 Å². The van der Waals surface area contributed by atoms with Gasteiger partial charge in [0.25, 0.3) is 0 Å². The van der Waals surface area contributed by atoms with Crippen molar-refractivity contribution in [3.05, 3.63) is 148 Å². The Morgan fingerprint density at radius 1 is 0.894 bits per heavy atom. The van der Waals surface area contributed by atoms with Crippen molar-refractivity contribution in [3.63, 3.8) is 0 Å². The van der Waals surface area contributed by atoms with Crippen molar-refractivity contribution in [3.8, 4) is 11.8 Å². The third kappa shape index (κ3) is 3.96. The monoisotopic (exact) mass is 624 g/mol. The van der Waals surface area contributed by atoms with E-state index in [0.29, 0.717) is 5.92 Å². The van der Waals surface area contributed by atoms with E-state index in [4.69, 9.17) is 0 Å². The maximum atomic E-state index is 9.70. The molecule has 4 aromatic carbocycles.